The van der Waals surface area contributed by atoms with Crippen molar-refractivity contribution in [1.29, 1.82) is 0 Å². The Morgan fingerprint density at radius 1 is 0.971 bits per heavy atom. The molecule has 0 fully saturated rings. The van der Waals surface area contributed by atoms with Gasteiger partial charge in [0.25, 0.3) is 0 Å². The van der Waals surface area contributed by atoms with Crippen LogP contribution in [0.2, 0.25) is 0 Å². The van der Waals surface area contributed by atoms with Gasteiger partial charge in [0.05, 0.1) is 13.0 Å². The topological polar surface area (TPSA) is 88.3 Å². The maximum Gasteiger partial charge on any atom is 0.249 e. The van der Waals surface area contributed by atoms with Crippen molar-refractivity contribution in [3.63, 3.8) is 0 Å². The first-order valence-electron chi connectivity index (χ1n) is 11.1. The highest BCUT2D eigenvalue weighted by atomic mass is 19.1. The number of aromatic hydroxyl groups is 1. The van der Waals surface area contributed by atoms with Crippen molar-refractivity contribution in [3.8, 4) is 22.6 Å². The van der Waals surface area contributed by atoms with E-state index in [-0.39, 0.29) is 5.75 Å². The minimum Gasteiger partial charge on any atom is -0.508 e. The molecule has 0 aliphatic rings. The Morgan fingerprint density at radius 3 is 2.46 bits per heavy atom. The molecule has 0 spiro atoms. The van der Waals surface area contributed by atoms with Crippen LogP contribution in [0.1, 0.15) is 33.1 Å². The van der Waals surface area contributed by atoms with Crippen LogP contribution in [0.4, 0.5) is 4.39 Å². The van der Waals surface area contributed by atoms with E-state index in [0.29, 0.717) is 22.4 Å². The number of phenolic OH excluding ortho intramolecular Hbond substituents is 1. The molecule has 0 saturated heterocycles. The third-order valence-corrected chi connectivity index (χ3v) is 6.20. The summed E-state index contributed by atoms with van der Waals surface area (Å²) in [7, 11) is 1.53. The molecule has 174 valence electrons. The molecule has 1 unspecified atom stereocenters. The second kappa shape index (κ2) is 8.99. The summed E-state index contributed by atoms with van der Waals surface area (Å²) < 4.78 is 20.3. The van der Waals surface area contributed by atoms with Crippen molar-refractivity contribution in [1.82, 2.24) is 4.98 Å². The number of H-pyrrole nitrogens is 1. The molecule has 0 aliphatic carbocycles. The normalized spacial score (nSPS) is 11.9. The predicted molar refractivity (Wildman–Crippen MR) is 134 cm³/mol. The van der Waals surface area contributed by atoms with Crippen LogP contribution >= 0.6 is 0 Å². The molecule has 5 aromatic rings. The number of carbonyl (C=O) groups excluding carboxylic acids is 1. The van der Waals surface area contributed by atoms with Gasteiger partial charge in [0.15, 0.2) is 0 Å². The number of benzene rings is 4. The number of fused-ring (bicyclic) bond motifs is 1. The van der Waals surface area contributed by atoms with Crippen molar-refractivity contribution >= 4 is 16.8 Å². The molecular formula is C29H23FN2O3. The lowest BCUT2D eigenvalue weighted by molar-refractivity contribution is 0.0999. The smallest absolute Gasteiger partial charge is 0.249 e. The number of nitrogens with one attached hydrogen (secondary N) is 1. The van der Waals surface area contributed by atoms with Gasteiger partial charge >= 0.3 is 0 Å². The second-order valence-electron chi connectivity index (χ2n) is 8.31. The van der Waals surface area contributed by atoms with Crippen LogP contribution in [-0.4, -0.2) is 23.1 Å². The van der Waals surface area contributed by atoms with Crippen molar-refractivity contribution < 1.29 is 19.0 Å². The maximum absolute atomic E-state index is 14.6. The molecule has 0 bridgehead atoms. The number of methoxy groups -OCH3 is 1. The largest absolute Gasteiger partial charge is 0.508 e. The molecule has 6 heteroatoms. The number of para-hydroxylation sites is 1. The minimum absolute atomic E-state index is 0.125. The third kappa shape index (κ3) is 4.10. The summed E-state index contributed by atoms with van der Waals surface area (Å²) in [5, 5.41) is 10.8. The highest BCUT2D eigenvalue weighted by molar-refractivity contribution is 5.97. The monoisotopic (exact) mass is 466 g/mol. The van der Waals surface area contributed by atoms with Crippen LogP contribution in [0.5, 0.6) is 11.5 Å². The van der Waals surface area contributed by atoms with Crippen LogP contribution in [0, 0.1) is 5.82 Å². The summed E-state index contributed by atoms with van der Waals surface area (Å²) in [5.74, 6) is -1.03. The summed E-state index contributed by atoms with van der Waals surface area (Å²) in [5.41, 5.74) is 10.5. The zero-order valence-electron chi connectivity index (χ0n) is 19.0. The van der Waals surface area contributed by atoms with E-state index in [9.17, 15) is 14.3 Å². The van der Waals surface area contributed by atoms with E-state index in [1.54, 1.807) is 42.5 Å². The third-order valence-electron chi connectivity index (χ3n) is 6.20. The summed E-state index contributed by atoms with van der Waals surface area (Å²) in [6, 6.07) is 26.2. The first-order chi connectivity index (χ1) is 17.0. The van der Waals surface area contributed by atoms with Crippen molar-refractivity contribution in [2.24, 2.45) is 5.73 Å². The number of phenols is 1. The van der Waals surface area contributed by atoms with Gasteiger partial charge in [-0.25, -0.2) is 4.39 Å². The van der Waals surface area contributed by atoms with Gasteiger partial charge < -0.3 is 20.6 Å². The molecule has 0 saturated carbocycles. The van der Waals surface area contributed by atoms with Gasteiger partial charge in [-0.2, -0.15) is 0 Å². The lowest BCUT2D eigenvalue weighted by Gasteiger charge is -2.25. The number of ether oxygens (including phenoxy) is 1. The number of rotatable bonds is 6. The molecule has 0 radical (unpaired) electrons. The van der Waals surface area contributed by atoms with Crippen LogP contribution in [0.25, 0.3) is 22.0 Å². The Balaban J connectivity index is 1.88. The second-order valence-corrected chi connectivity index (χ2v) is 8.31. The molecule has 1 atom stereocenters. The Bertz CT molecular complexity index is 1510. The Hall–Kier alpha value is -4.58. The summed E-state index contributed by atoms with van der Waals surface area (Å²) in [6.07, 6.45) is 0. The number of aromatic nitrogens is 1. The van der Waals surface area contributed by atoms with Crippen LogP contribution in [-0.2, 0) is 0 Å². The van der Waals surface area contributed by atoms with Gasteiger partial charge in [-0.1, -0.05) is 42.5 Å². The van der Waals surface area contributed by atoms with Crippen LogP contribution in [0.3, 0.4) is 0 Å². The van der Waals surface area contributed by atoms with Gasteiger partial charge in [-0.3, -0.25) is 4.79 Å². The Morgan fingerprint density at radius 2 is 1.74 bits per heavy atom. The SMILES string of the molecule is COc1ccc(F)cc1C(c1cc2ccccc2[nH]1)c1c(C(N)=O)cccc1-c1ccc(O)cc1. The molecule has 5 rings (SSSR count). The molecule has 4 N–H and O–H groups in total. The maximum atomic E-state index is 14.6. The summed E-state index contributed by atoms with van der Waals surface area (Å²) in [4.78, 5) is 16.1. The van der Waals surface area contributed by atoms with Gasteiger partial charge in [-0.05, 0) is 70.6 Å². The number of hydrogen-bond acceptors (Lipinski definition) is 3. The molecule has 5 nitrogen and oxygen atoms in total. The number of amides is 1. The van der Waals surface area contributed by atoms with Crippen molar-refractivity contribution in [2.45, 2.75) is 5.92 Å². The number of hydrogen-bond donors (Lipinski definition) is 3. The highest BCUT2D eigenvalue weighted by Gasteiger charge is 2.29. The van der Waals surface area contributed by atoms with E-state index in [0.717, 1.165) is 27.7 Å². The van der Waals surface area contributed by atoms with Crippen LogP contribution in [0.15, 0.2) is 91.0 Å². The first kappa shape index (κ1) is 22.2. The van der Waals surface area contributed by atoms with Crippen molar-refractivity contribution in [3.05, 3.63) is 119 Å². The lowest BCUT2D eigenvalue weighted by atomic mass is 9.80. The van der Waals surface area contributed by atoms with E-state index < -0.39 is 17.6 Å². The van der Waals surface area contributed by atoms with Crippen molar-refractivity contribution in [2.75, 3.05) is 7.11 Å². The standard InChI is InChI=1S/C29H23FN2O3/c1-35-26-14-11-19(30)16-23(26)28(25-15-18-5-2-3-8-24(18)32-25)27-21(6-4-7-22(27)29(31)34)17-9-12-20(33)13-10-17/h2-16,28,32-33H,1H3,(H2,31,34). The van der Waals surface area contributed by atoms with Crippen LogP contribution < -0.4 is 10.5 Å². The van der Waals surface area contributed by atoms with Gasteiger partial charge in [-0.15, -0.1) is 0 Å². The minimum atomic E-state index is -0.611. The Kier molecular flexibility index (Phi) is 5.71. The fourth-order valence-corrected chi connectivity index (χ4v) is 4.64. The highest BCUT2D eigenvalue weighted by Crippen LogP contribution is 2.44. The lowest BCUT2D eigenvalue weighted by Crippen LogP contribution is -2.18. The van der Waals surface area contributed by atoms with E-state index in [4.69, 9.17) is 10.5 Å². The van der Waals surface area contributed by atoms with Gasteiger partial charge in [0, 0.05) is 22.3 Å². The molecule has 1 aromatic heterocycles. The fourth-order valence-electron chi connectivity index (χ4n) is 4.64. The number of carbonyl (C=O) groups is 1. The first-order valence-corrected chi connectivity index (χ1v) is 11.1. The molecule has 4 aromatic carbocycles. The molecular weight excluding hydrogens is 443 g/mol. The van der Waals surface area contributed by atoms with E-state index in [1.165, 1.54) is 19.2 Å². The predicted octanol–water partition coefficient (Wildman–Crippen LogP) is 5.97. The van der Waals surface area contributed by atoms with Gasteiger partial charge in [0.1, 0.15) is 17.3 Å². The number of primary amides is 1. The quantitative estimate of drug-likeness (QED) is 0.288. The average molecular weight is 467 g/mol. The zero-order chi connectivity index (χ0) is 24.5. The molecule has 35 heavy (non-hydrogen) atoms. The van der Waals surface area contributed by atoms with E-state index >= 15 is 0 Å². The molecule has 1 amide bonds. The molecule has 1 heterocycles. The summed E-state index contributed by atoms with van der Waals surface area (Å²) >= 11 is 0. The van der Waals surface area contributed by atoms with E-state index in [2.05, 4.69) is 4.98 Å². The summed E-state index contributed by atoms with van der Waals surface area (Å²) in [6.45, 7) is 0. The number of nitrogens with two attached hydrogens (primary N) is 1. The number of halogens is 1. The average Bonchev–Trinajstić information content (AvgIpc) is 3.28. The Labute approximate surface area is 201 Å². The zero-order valence-corrected chi connectivity index (χ0v) is 19.0. The molecule has 0 aliphatic heterocycles. The van der Waals surface area contributed by atoms with Gasteiger partial charge in [0.2, 0.25) is 5.91 Å². The fraction of sp³-hybridized carbons (Fsp3) is 0.0690. The number of aromatic amines is 1. The van der Waals surface area contributed by atoms with E-state index in [1.807, 2.05) is 36.4 Å².